The maximum Gasteiger partial charge on any atom is 0.152 e. The Morgan fingerprint density at radius 3 is 2.85 bits per heavy atom. The minimum atomic E-state index is 0.0379. The molecular formula is C16H21ClN2O. The zero-order chi connectivity index (χ0) is 14.3. The fraction of sp³-hybridized carbons (Fsp3) is 0.500. The summed E-state index contributed by atoms with van der Waals surface area (Å²) in [5, 5.41) is 1.68. The predicted octanol–water partition coefficient (Wildman–Crippen LogP) is 4.42. The van der Waals surface area contributed by atoms with E-state index >= 15 is 0 Å². The van der Waals surface area contributed by atoms with Crippen LogP contribution in [0, 0.1) is 11.3 Å². The van der Waals surface area contributed by atoms with Gasteiger partial charge in [-0.25, -0.2) is 5.43 Å². The molecule has 3 rings (SSSR count). The molecule has 3 N–H and O–H groups in total. The highest BCUT2D eigenvalue weighted by atomic mass is 35.5. The second kappa shape index (κ2) is 5.06. The predicted molar refractivity (Wildman–Crippen MR) is 82.4 cm³/mol. The van der Waals surface area contributed by atoms with Gasteiger partial charge in [-0.3, -0.25) is 5.84 Å². The van der Waals surface area contributed by atoms with Gasteiger partial charge in [0.2, 0.25) is 0 Å². The lowest BCUT2D eigenvalue weighted by Gasteiger charge is -2.32. The highest BCUT2D eigenvalue weighted by Gasteiger charge is 2.41. The average Bonchev–Trinajstić information content (AvgIpc) is 2.96. The number of rotatable bonds is 3. The summed E-state index contributed by atoms with van der Waals surface area (Å²) in [5.74, 6) is 7.19. The van der Waals surface area contributed by atoms with E-state index in [0.717, 1.165) is 16.7 Å². The van der Waals surface area contributed by atoms with Gasteiger partial charge in [-0.15, -0.1) is 0 Å². The molecule has 1 aromatic heterocycles. The van der Waals surface area contributed by atoms with Crippen molar-refractivity contribution >= 4 is 22.6 Å². The molecule has 1 saturated carbocycles. The Balaban J connectivity index is 2.01. The number of benzene rings is 1. The molecule has 4 heteroatoms. The lowest BCUT2D eigenvalue weighted by Crippen LogP contribution is -2.37. The number of hydrogen-bond acceptors (Lipinski definition) is 3. The van der Waals surface area contributed by atoms with Gasteiger partial charge in [0, 0.05) is 5.39 Å². The summed E-state index contributed by atoms with van der Waals surface area (Å²) in [7, 11) is 0. The Morgan fingerprint density at radius 2 is 2.25 bits per heavy atom. The van der Waals surface area contributed by atoms with Gasteiger partial charge in [0.05, 0.1) is 11.1 Å². The highest BCUT2D eigenvalue weighted by Crippen LogP contribution is 2.49. The smallest absolute Gasteiger partial charge is 0.152 e. The van der Waals surface area contributed by atoms with Gasteiger partial charge in [0.1, 0.15) is 5.76 Å². The summed E-state index contributed by atoms with van der Waals surface area (Å²) in [6, 6.07) is 7.90. The van der Waals surface area contributed by atoms with Crippen LogP contribution in [0.4, 0.5) is 0 Å². The summed E-state index contributed by atoms with van der Waals surface area (Å²) < 4.78 is 5.98. The molecule has 2 aromatic rings. The molecule has 1 heterocycles. The molecule has 20 heavy (non-hydrogen) atoms. The minimum absolute atomic E-state index is 0.0379. The summed E-state index contributed by atoms with van der Waals surface area (Å²) in [5.41, 5.74) is 3.99. The number of hydrazine groups is 1. The second-order valence-electron chi connectivity index (χ2n) is 6.44. The van der Waals surface area contributed by atoms with Crippen LogP contribution in [0.15, 0.2) is 28.7 Å². The molecule has 2 atom stereocenters. The first kappa shape index (κ1) is 13.9. The molecule has 0 spiro atoms. The van der Waals surface area contributed by atoms with Crippen LogP contribution in [0.25, 0.3) is 11.0 Å². The molecule has 0 saturated heterocycles. The van der Waals surface area contributed by atoms with Gasteiger partial charge < -0.3 is 4.42 Å². The number of fused-ring (bicyclic) bond motifs is 1. The molecule has 1 fully saturated rings. The van der Waals surface area contributed by atoms with Crippen molar-refractivity contribution in [2.75, 3.05) is 0 Å². The first-order valence-corrected chi connectivity index (χ1v) is 7.55. The first-order valence-electron chi connectivity index (χ1n) is 7.17. The second-order valence-corrected chi connectivity index (χ2v) is 6.85. The Bertz CT molecular complexity index is 620. The van der Waals surface area contributed by atoms with E-state index in [-0.39, 0.29) is 11.5 Å². The number of nitrogens with one attached hydrogen (secondary N) is 1. The Labute approximate surface area is 124 Å². The molecular weight excluding hydrogens is 272 g/mol. The third-order valence-corrected chi connectivity index (χ3v) is 5.04. The van der Waals surface area contributed by atoms with Crippen LogP contribution in [-0.2, 0) is 0 Å². The van der Waals surface area contributed by atoms with Crippen molar-refractivity contribution in [1.29, 1.82) is 0 Å². The van der Waals surface area contributed by atoms with Crippen LogP contribution in [0.2, 0.25) is 5.02 Å². The molecule has 2 unspecified atom stereocenters. The fourth-order valence-corrected chi connectivity index (χ4v) is 3.79. The highest BCUT2D eigenvalue weighted by molar-refractivity contribution is 6.34. The van der Waals surface area contributed by atoms with E-state index in [1.54, 1.807) is 0 Å². The number of nitrogens with two attached hydrogens (primary N) is 1. The van der Waals surface area contributed by atoms with Crippen LogP contribution in [-0.4, -0.2) is 0 Å². The molecule has 0 bridgehead atoms. The molecule has 3 nitrogen and oxygen atoms in total. The van der Waals surface area contributed by atoms with Crippen molar-refractivity contribution in [2.24, 2.45) is 17.2 Å². The number of furan rings is 1. The topological polar surface area (TPSA) is 51.2 Å². The third-order valence-electron chi connectivity index (χ3n) is 4.74. The zero-order valence-corrected chi connectivity index (χ0v) is 12.7. The van der Waals surface area contributed by atoms with Crippen LogP contribution in [0.3, 0.4) is 0 Å². The van der Waals surface area contributed by atoms with E-state index in [9.17, 15) is 0 Å². The largest absolute Gasteiger partial charge is 0.458 e. The average molecular weight is 293 g/mol. The zero-order valence-electron chi connectivity index (χ0n) is 11.9. The van der Waals surface area contributed by atoms with Gasteiger partial charge in [-0.1, -0.05) is 44.0 Å². The normalized spacial score (nSPS) is 23.3. The van der Waals surface area contributed by atoms with Crippen molar-refractivity contribution in [3.63, 3.8) is 0 Å². The van der Waals surface area contributed by atoms with Crippen LogP contribution >= 0.6 is 11.6 Å². The third kappa shape index (κ3) is 2.24. The van der Waals surface area contributed by atoms with Crippen LogP contribution in [0.5, 0.6) is 0 Å². The number of halogens is 1. The van der Waals surface area contributed by atoms with E-state index in [2.05, 4.69) is 25.3 Å². The molecule has 0 aliphatic heterocycles. The van der Waals surface area contributed by atoms with E-state index < -0.39 is 0 Å². The standard InChI is InChI=1S/C16H21ClN2O/c1-16(2)8-4-6-11(16)14(19-18)13-9-10-5-3-7-12(17)15(10)20-13/h3,5,7,9,11,14,19H,4,6,8,18H2,1-2H3. The Kier molecular flexibility index (Phi) is 3.53. The monoisotopic (exact) mass is 292 g/mol. The van der Waals surface area contributed by atoms with Crippen LogP contribution < -0.4 is 11.3 Å². The molecule has 1 aromatic carbocycles. The number of hydrogen-bond donors (Lipinski definition) is 2. The summed E-state index contributed by atoms with van der Waals surface area (Å²) >= 11 is 6.19. The quantitative estimate of drug-likeness (QED) is 0.650. The fourth-order valence-electron chi connectivity index (χ4n) is 3.57. The molecule has 0 radical (unpaired) electrons. The van der Waals surface area contributed by atoms with E-state index in [4.69, 9.17) is 21.9 Å². The lowest BCUT2D eigenvalue weighted by molar-refractivity contribution is 0.183. The minimum Gasteiger partial charge on any atom is -0.458 e. The molecule has 108 valence electrons. The van der Waals surface area contributed by atoms with Crippen molar-refractivity contribution in [2.45, 2.75) is 39.2 Å². The first-order chi connectivity index (χ1) is 9.53. The summed E-state index contributed by atoms with van der Waals surface area (Å²) in [4.78, 5) is 0. The maximum atomic E-state index is 6.19. The van der Waals surface area contributed by atoms with E-state index in [1.807, 2.05) is 18.2 Å². The Morgan fingerprint density at radius 1 is 1.45 bits per heavy atom. The van der Waals surface area contributed by atoms with Gasteiger partial charge in [-0.2, -0.15) is 0 Å². The maximum absolute atomic E-state index is 6.19. The Hall–Kier alpha value is -1.03. The van der Waals surface area contributed by atoms with Crippen molar-refractivity contribution < 1.29 is 4.42 Å². The summed E-state index contributed by atoms with van der Waals surface area (Å²) in [6.45, 7) is 4.62. The van der Waals surface area contributed by atoms with Crippen molar-refractivity contribution in [3.8, 4) is 0 Å². The summed E-state index contributed by atoms with van der Waals surface area (Å²) in [6.07, 6.45) is 3.65. The van der Waals surface area contributed by atoms with Gasteiger partial charge in [0.25, 0.3) is 0 Å². The van der Waals surface area contributed by atoms with Gasteiger partial charge in [-0.05, 0) is 36.3 Å². The lowest BCUT2D eigenvalue weighted by atomic mass is 9.77. The van der Waals surface area contributed by atoms with Gasteiger partial charge >= 0.3 is 0 Å². The van der Waals surface area contributed by atoms with E-state index in [1.165, 1.54) is 19.3 Å². The van der Waals surface area contributed by atoms with Gasteiger partial charge in [0.15, 0.2) is 5.58 Å². The molecule has 0 amide bonds. The molecule has 1 aliphatic rings. The molecule has 1 aliphatic carbocycles. The SMILES string of the molecule is CC1(C)CCCC1C(NN)c1cc2cccc(Cl)c2o1. The van der Waals surface area contributed by atoms with Crippen molar-refractivity contribution in [1.82, 2.24) is 5.43 Å². The van der Waals surface area contributed by atoms with Crippen LogP contribution in [0.1, 0.15) is 44.9 Å². The van der Waals surface area contributed by atoms with Crippen molar-refractivity contribution in [3.05, 3.63) is 35.0 Å². The van der Waals surface area contributed by atoms with E-state index in [0.29, 0.717) is 10.9 Å². The number of para-hydroxylation sites is 1.